The smallest absolute Gasteiger partial charge is 0.303 e. The fourth-order valence-electron chi connectivity index (χ4n) is 2.82. The Hall–Kier alpha value is -1.10. The zero-order valence-corrected chi connectivity index (χ0v) is 10.9. The lowest BCUT2D eigenvalue weighted by molar-refractivity contribution is -0.138. The molecule has 2 aliphatic rings. The van der Waals surface area contributed by atoms with Crippen LogP contribution in [0.3, 0.4) is 0 Å². The topological polar surface area (TPSA) is 75.6 Å². The molecule has 0 aromatic carbocycles. The summed E-state index contributed by atoms with van der Waals surface area (Å²) in [6, 6.07) is 0. The van der Waals surface area contributed by atoms with Crippen molar-refractivity contribution < 1.29 is 19.4 Å². The van der Waals surface area contributed by atoms with Gasteiger partial charge < -0.3 is 15.2 Å². The molecule has 2 bridgehead atoms. The fraction of sp³-hybridized carbons (Fsp3) is 0.846. The molecular formula is C13H21NO4. The molecular weight excluding hydrogens is 234 g/mol. The van der Waals surface area contributed by atoms with Gasteiger partial charge in [0.1, 0.15) is 0 Å². The molecule has 5 heteroatoms. The van der Waals surface area contributed by atoms with Crippen molar-refractivity contribution in [3.05, 3.63) is 0 Å². The van der Waals surface area contributed by atoms with Crippen molar-refractivity contribution in [1.82, 2.24) is 5.32 Å². The SMILES string of the molecule is CC(C)(CCC(=O)O)NC(=O)C1CC2CCC1O2. The highest BCUT2D eigenvalue weighted by atomic mass is 16.5. The van der Waals surface area contributed by atoms with Gasteiger partial charge >= 0.3 is 5.97 Å². The van der Waals surface area contributed by atoms with Crippen molar-refractivity contribution in [3.63, 3.8) is 0 Å². The van der Waals surface area contributed by atoms with E-state index in [0.29, 0.717) is 6.42 Å². The minimum atomic E-state index is -0.833. The van der Waals surface area contributed by atoms with Crippen LogP contribution in [0.25, 0.3) is 0 Å². The maximum absolute atomic E-state index is 12.2. The fourth-order valence-corrected chi connectivity index (χ4v) is 2.82. The van der Waals surface area contributed by atoms with Crippen LogP contribution in [0.5, 0.6) is 0 Å². The number of ether oxygens (including phenoxy) is 1. The lowest BCUT2D eigenvalue weighted by atomic mass is 9.87. The molecule has 2 fully saturated rings. The molecule has 2 saturated heterocycles. The summed E-state index contributed by atoms with van der Waals surface area (Å²) in [6.07, 6.45) is 3.69. The van der Waals surface area contributed by atoms with Crippen LogP contribution in [0.1, 0.15) is 46.0 Å². The van der Waals surface area contributed by atoms with Crippen LogP contribution in [-0.2, 0) is 14.3 Å². The van der Waals surface area contributed by atoms with Gasteiger partial charge in [-0.1, -0.05) is 0 Å². The third kappa shape index (κ3) is 3.02. The highest BCUT2D eigenvalue weighted by molar-refractivity contribution is 5.80. The Morgan fingerprint density at radius 2 is 2.11 bits per heavy atom. The molecule has 0 aromatic heterocycles. The summed E-state index contributed by atoms with van der Waals surface area (Å²) in [5, 5.41) is 11.6. The molecule has 5 nitrogen and oxygen atoms in total. The highest BCUT2D eigenvalue weighted by Gasteiger charge is 2.45. The molecule has 0 saturated carbocycles. The Kier molecular flexibility index (Phi) is 3.61. The first-order chi connectivity index (χ1) is 8.37. The number of carbonyl (C=O) groups excluding carboxylic acids is 1. The number of carbonyl (C=O) groups is 2. The molecule has 0 aromatic rings. The van der Waals surface area contributed by atoms with Gasteiger partial charge in [0, 0.05) is 12.0 Å². The van der Waals surface area contributed by atoms with Crippen molar-refractivity contribution in [3.8, 4) is 0 Å². The zero-order valence-electron chi connectivity index (χ0n) is 10.9. The number of carboxylic acids is 1. The van der Waals surface area contributed by atoms with E-state index in [1.165, 1.54) is 0 Å². The Bertz CT molecular complexity index is 353. The van der Waals surface area contributed by atoms with Gasteiger partial charge in [-0.25, -0.2) is 0 Å². The van der Waals surface area contributed by atoms with Gasteiger partial charge in [0.2, 0.25) is 5.91 Å². The van der Waals surface area contributed by atoms with E-state index in [1.807, 2.05) is 13.8 Å². The number of aliphatic carboxylic acids is 1. The van der Waals surface area contributed by atoms with E-state index in [2.05, 4.69) is 5.32 Å². The summed E-state index contributed by atoms with van der Waals surface area (Å²) in [7, 11) is 0. The number of amides is 1. The molecule has 0 spiro atoms. The van der Waals surface area contributed by atoms with Crippen molar-refractivity contribution in [2.24, 2.45) is 5.92 Å². The molecule has 1 amide bonds. The number of carboxylic acid groups (broad SMARTS) is 1. The van der Waals surface area contributed by atoms with Gasteiger partial charge in [0.15, 0.2) is 0 Å². The maximum Gasteiger partial charge on any atom is 0.303 e. The number of hydrogen-bond donors (Lipinski definition) is 2. The van der Waals surface area contributed by atoms with E-state index in [9.17, 15) is 9.59 Å². The number of fused-ring (bicyclic) bond motifs is 2. The average molecular weight is 255 g/mol. The van der Waals surface area contributed by atoms with Gasteiger partial charge in [0.25, 0.3) is 0 Å². The molecule has 2 rings (SSSR count). The van der Waals surface area contributed by atoms with Crippen molar-refractivity contribution in [2.75, 3.05) is 0 Å². The Balaban J connectivity index is 1.85. The second kappa shape index (κ2) is 4.88. The normalized spacial score (nSPS) is 30.4. The summed E-state index contributed by atoms with van der Waals surface area (Å²) < 4.78 is 5.66. The van der Waals surface area contributed by atoms with Gasteiger partial charge in [0.05, 0.1) is 18.1 Å². The van der Waals surface area contributed by atoms with Crippen molar-refractivity contribution in [1.29, 1.82) is 0 Å². The standard InChI is InChI=1S/C13H21NO4/c1-13(2,6-5-11(15)16)14-12(17)9-7-8-3-4-10(9)18-8/h8-10H,3-7H2,1-2H3,(H,14,17)(H,15,16). The summed E-state index contributed by atoms with van der Waals surface area (Å²) in [4.78, 5) is 22.7. The molecule has 0 aliphatic carbocycles. The molecule has 2 aliphatic heterocycles. The molecule has 2 N–H and O–H groups in total. The number of rotatable bonds is 5. The van der Waals surface area contributed by atoms with Crippen molar-refractivity contribution >= 4 is 11.9 Å². The molecule has 102 valence electrons. The van der Waals surface area contributed by atoms with Crippen LogP contribution in [-0.4, -0.2) is 34.7 Å². The van der Waals surface area contributed by atoms with E-state index in [0.717, 1.165) is 19.3 Å². The molecule has 3 unspecified atom stereocenters. The first-order valence-electron chi connectivity index (χ1n) is 6.57. The van der Waals surface area contributed by atoms with Gasteiger partial charge in [-0.05, 0) is 39.5 Å². The summed E-state index contributed by atoms with van der Waals surface area (Å²) in [5.41, 5.74) is -0.475. The summed E-state index contributed by atoms with van der Waals surface area (Å²) >= 11 is 0. The van der Waals surface area contributed by atoms with Crippen molar-refractivity contribution in [2.45, 2.75) is 63.7 Å². The minimum Gasteiger partial charge on any atom is -0.481 e. The Morgan fingerprint density at radius 3 is 2.61 bits per heavy atom. The largest absolute Gasteiger partial charge is 0.481 e. The lowest BCUT2D eigenvalue weighted by Crippen LogP contribution is -2.48. The minimum absolute atomic E-state index is 0.0117. The Morgan fingerprint density at radius 1 is 1.39 bits per heavy atom. The zero-order chi connectivity index (χ0) is 13.3. The number of nitrogens with one attached hydrogen (secondary N) is 1. The summed E-state index contributed by atoms with van der Waals surface area (Å²) in [6.45, 7) is 3.73. The van der Waals surface area contributed by atoms with Gasteiger partial charge in [-0.2, -0.15) is 0 Å². The quantitative estimate of drug-likeness (QED) is 0.776. The van der Waals surface area contributed by atoms with Crippen LogP contribution in [0.15, 0.2) is 0 Å². The predicted octanol–water partition coefficient (Wildman–Crippen LogP) is 1.31. The number of hydrogen-bond acceptors (Lipinski definition) is 3. The van der Waals surface area contributed by atoms with Crippen LogP contribution in [0.4, 0.5) is 0 Å². The highest BCUT2D eigenvalue weighted by Crippen LogP contribution is 2.39. The van der Waals surface area contributed by atoms with Crippen LogP contribution in [0, 0.1) is 5.92 Å². The van der Waals surface area contributed by atoms with E-state index in [1.54, 1.807) is 0 Å². The van der Waals surface area contributed by atoms with Gasteiger partial charge in [-0.3, -0.25) is 9.59 Å². The first-order valence-corrected chi connectivity index (χ1v) is 6.57. The predicted molar refractivity (Wildman–Crippen MR) is 65.1 cm³/mol. The lowest BCUT2D eigenvalue weighted by Gasteiger charge is -2.29. The third-order valence-corrected chi connectivity index (χ3v) is 3.87. The van der Waals surface area contributed by atoms with E-state index < -0.39 is 11.5 Å². The van der Waals surface area contributed by atoms with E-state index in [-0.39, 0.29) is 30.5 Å². The van der Waals surface area contributed by atoms with Gasteiger partial charge in [-0.15, -0.1) is 0 Å². The second-order valence-electron chi connectivity index (χ2n) is 5.98. The van der Waals surface area contributed by atoms with E-state index >= 15 is 0 Å². The molecule has 18 heavy (non-hydrogen) atoms. The van der Waals surface area contributed by atoms with Crippen LogP contribution < -0.4 is 5.32 Å². The Labute approximate surface area is 107 Å². The van der Waals surface area contributed by atoms with Crippen LogP contribution >= 0.6 is 0 Å². The second-order valence-corrected chi connectivity index (χ2v) is 5.98. The maximum atomic E-state index is 12.2. The molecule has 0 radical (unpaired) electrons. The molecule has 2 heterocycles. The van der Waals surface area contributed by atoms with Crippen LogP contribution in [0.2, 0.25) is 0 Å². The van der Waals surface area contributed by atoms with E-state index in [4.69, 9.17) is 9.84 Å². The monoisotopic (exact) mass is 255 g/mol. The average Bonchev–Trinajstić information content (AvgIpc) is 2.87. The first kappa shape index (κ1) is 13.3. The third-order valence-electron chi connectivity index (χ3n) is 3.87. The summed E-state index contributed by atoms with van der Waals surface area (Å²) in [5.74, 6) is -0.869. The molecule has 3 atom stereocenters.